The number of carbonyl (C=O) groups is 1. The molecule has 0 unspecified atom stereocenters. The molecule has 3 rings (SSSR count). The summed E-state index contributed by atoms with van der Waals surface area (Å²) >= 11 is 7.70. The van der Waals surface area contributed by atoms with E-state index in [1.807, 2.05) is 47.7 Å². The average molecular weight is 365 g/mol. The summed E-state index contributed by atoms with van der Waals surface area (Å²) in [6.07, 6.45) is 3.42. The Hall–Kier alpha value is -1.53. The first-order valence-corrected chi connectivity index (χ1v) is 9.43. The average Bonchev–Trinajstić information content (AvgIpc) is 2.96. The summed E-state index contributed by atoms with van der Waals surface area (Å²) in [6.45, 7) is 3.67. The van der Waals surface area contributed by atoms with Gasteiger partial charge in [-0.2, -0.15) is 0 Å². The van der Waals surface area contributed by atoms with Gasteiger partial charge in [0.25, 0.3) is 0 Å². The quantitative estimate of drug-likeness (QED) is 0.777. The van der Waals surface area contributed by atoms with E-state index in [0.29, 0.717) is 10.8 Å². The van der Waals surface area contributed by atoms with Crippen molar-refractivity contribution in [2.45, 2.75) is 36.6 Å². The summed E-state index contributed by atoms with van der Waals surface area (Å²) in [4.78, 5) is 14.5. The van der Waals surface area contributed by atoms with Crippen molar-refractivity contribution in [2.24, 2.45) is 7.05 Å². The van der Waals surface area contributed by atoms with E-state index in [-0.39, 0.29) is 11.2 Å². The van der Waals surface area contributed by atoms with Gasteiger partial charge in [0.15, 0.2) is 11.0 Å². The summed E-state index contributed by atoms with van der Waals surface area (Å²) in [5.74, 6) is 0.891. The van der Waals surface area contributed by atoms with Gasteiger partial charge in [-0.05, 0) is 38.3 Å². The van der Waals surface area contributed by atoms with E-state index in [1.54, 1.807) is 0 Å². The van der Waals surface area contributed by atoms with Gasteiger partial charge in [0.2, 0.25) is 5.91 Å². The molecule has 1 aromatic heterocycles. The number of piperidine rings is 1. The number of nitrogens with zero attached hydrogens (tertiary/aromatic N) is 4. The lowest BCUT2D eigenvalue weighted by Gasteiger charge is -2.28. The molecule has 7 heteroatoms. The van der Waals surface area contributed by atoms with Crippen molar-refractivity contribution in [1.82, 2.24) is 19.7 Å². The van der Waals surface area contributed by atoms with E-state index in [4.69, 9.17) is 11.6 Å². The predicted molar refractivity (Wildman–Crippen MR) is 97.2 cm³/mol. The first-order valence-electron chi connectivity index (χ1n) is 8.17. The van der Waals surface area contributed by atoms with Gasteiger partial charge < -0.3 is 9.47 Å². The van der Waals surface area contributed by atoms with Crippen LogP contribution in [0.3, 0.4) is 0 Å². The normalized spacial score (nSPS) is 16.2. The van der Waals surface area contributed by atoms with Gasteiger partial charge >= 0.3 is 0 Å². The van der Waals surface area contributed by atoms with E-state index in [0.717, 1.165) is 36.7 Å². The Bertz CT molecular complexity index is 727. The minimum atomic E-state index is -0.176. The number of thioether (sulfide) groups is 1. The highest BCUT2D eigenvalue weighted by Crippen LogP contribution is 2.30. The molecular weight excluding hydrogens is 344 g/mol. The molecule has 0 spiro atoms. The second-order valence-electron chi connectivity index (χ2n) is 5.99. The Kier molecular flexibility index (Phi) is 5.46. The molecule has 0 N–H and O–H groups in total. The Balaban J connectivity index is 1.74. The molecule has 1 aliphatic rings. The minimum Gasteiger partial charge on any atom is -0.342 e. The van der Waals surface area contributed by atoms with Crippen LogP contribution in [0.4, 0.5) is 0 Å². The monoisotopic (exact) mass is 364 g/mol. The Labute approximate surface area is 151 Å². The summed E-state index contributed by atoms with van der Waals surface area (Å²) in [5, 5.41) is 9.69. The van der Waals surface area contributed by atoms with Crippen molar-refractivity contribution >= 4 is 29.3 Å². The summed E-state index contributed by atoms with van der Waals surface area (Å²) in [6, 6.07) is 7.56. The molecule has 1 amide bonds. The highest BCUT2D eigenvalue weighted by Gasteiger charge is 2.25. The van der Waals surface area contributed by atoms with Crippen LogP contribution in [0.2, 0.25) is 5.02 Å². The summed E-state index contributed by atoms with van der Waals surface area (Å²) < 4.78 is 1.89. The van der Waals surface area contributed by atoms with Gasteiger partial charge in [-0.15, -0.1) is 10.2 Å². The van der Waals surface area contributed by atoms with E-state index in [1.165, 1.54) is 18.2 Å². The van der Waals surface area contributed by atoms with E-state index in [2.05, 4.69) is 10.2 Å². The van der Waals surface area contributed by atoms with E-state index < -0.39 is 0 Å². The lowest BCUT2D eigenvalue weighted by atomic mass is 10.1. The molecule has 1 aliphatic heterocycles. The fraction of sp³-hybridized carbons (Fsp3) is 0.471. The SMILES string of the molecule is C[C@@H](Sc1nnc(-c2ccccc2Cl)n1C)C(=O)N1CCCCC1. The molecule has 1 aromatic carbocycles. The van der Waals surface area contributed by atoms with Crippen molar-refractivity contribution in [3.8, 4) is 11.4 Å². The highest BCUT2D eigenvalue weighted by atomic mass is 35.5. The number of rotatable bonds is 4. The minimum absolute atomic E-state index is 0.176. The van der Waals surface area contributed by atoms with Crippen molar-refractivity contribution < 1.29 is 4.79 Å². The maximum atomic E-state index is 12.6. The van der Waals surface area contributed by atoms with Gasteiger partial charge in [-0.1, -0.05) is 35.5 Å². The van der Waals surface area contributed by atoms with Gasteiger partial charge in [0, 0.05) is 25.7 Å². The zero-order valence-electron chi connectivity index (χ0n) is 13.9. The number of amides is 1. The molecule has 1 atom stereocenters. The lowest BCUT2D eigenvalue weighted by molar-refractivity contribution is -0.131. The Morgan fingerprint density at radius 3 is 2.62 bits per heavy atom. The molecule has 0 saturated carbocycles. The van der Waals surface area contributed by atoms with Crippen molar-refractivity contribution in [1.29, 1.82) is 0 Å². The summed E-state index contributed by atoms with van der Waals surface area (Å²) in [5.41, 5.74) is 0.844. The van der Waals surface area contributed by atoms with Crippen LogP contribution < -0.4 is 0 Å². The van der Waals surface area contributed by atoms with Gasteiger partial charge in [0.05, 0.1) is 10.3 Å². The fourth-order valence-corrected chi connectivity index (χ4v) is 3.99. The maximum absolute atomic E-state index is 12.6. The molecule has 0 radical (unpaired) electrons. The molecule has 2 heterocycles. The largest absolute Gasteiger partial charge is 0.342 e. The number of likely N-dealkylation sites (tertiary alicyclic amines) is 1. The third kappa shape index (κ3) is 3.59. The van der Waals surface area contributed by atoms with Crippen LogP contribution in [0, 0.1) is 0 Å². The second-order valence-corrected chi connectivity index (χ2v) is 7.71. The Morgan fingerprint density at radius 2 is 1.92 bits per heavy atom. The topological polar surface area (TPSA) is 51.0 Å². The van der Waals surface area contributed by atoms with Crippen LogP contribution in [0.1, 0.15) is 26.2 Å². The predicted octanol–water partition coefficient (Wildman–Crippen LogP) is 3.63. The van der Waals surface area contributed by atoms with Crippen LogP contribution in [-0.4, -0.2) is 43.9 Å². The number of carbonyl (C=O) groups excluding carboxylic acids is 1. The standard InChI is InChI=1S/C17H21ClN4OS/c1-12(16(23)22-10-6-3-7-11-22)24-17-20-19-15(21(17)2)13-8-4-5-9-14(13)18/h4-5,8-9,12H,3,6-7,10-11H2,1-2H3/t12-/m1/s1. The molecule has 24 heavy (non-hydrogen) atoms. The number of hydrogen-bond donors (Lipinski definition) is 0. The number of aromatic nitrogens is 3. The van der Waals surface area contributed by atoms with Crippen molar-refractivity contribution in [3.63, 3.8) is 0 Å². The van der Waals surface area contributed by atoms with Gasteiger partial charge in [0.1, 0.15) is 0 Å². The van der Waals surface area contributed by atoms with Gasteiger partial charge in [-0.3, -0.25) is 4.79 Å². The van der Waals surface area contributed by atoms with Crippen LogP contribution in [0.15, 0.2) is 29.4 Å². The third-order valence-electron chi connectivity index (χ3n) is 4.25. The molecule has 2 aromatic rings. The Morgan fingerprint density at radius 1 is 1.21 bits per heavy atom. The van der Waals surface area contributed by atoms with E-state index in [9.17, 15) is 4.79 Å². The third-order valence-corrected chi connectivity index (χ3v) is 5.70. The molecule has 0 aliphatic carbocycles. The van der Waals surface area contributed by atoms with Crippen LogP contribution >= 0.6 is 23.4 Å². The van der Waals surface area contributed by atoms with E-state index >= 15 is 0 Å². The molecule has 5 nitrogen and oxygen atoms in total. The van der Waals surface area contributed by atoms with Crippen molar-refractivity contribution in [2.75, 3.05) is 13.1 Å². The molecule has 128 valence electrons. The molecule has 1 saturated heterocycles. The first kappa shape index (κ1) is 17.3. The van der Waals surface area contributed by atoms with Crippen LogP contribution in [0.25, 0.3) is 11.4 Å². The second kappa shape index (κ2) is 7.57. The zero-order chi connectivity index (χ0) is 17.1. The van der Waals surface area contributed by atoms with Gasteiger partial charge in [-0.25, -0.2) is 0 Å². The van der Waals surface area contributed by atoms with Crippen LogP contribution in [0.5, 0.6) is 0 Å². The lowest BCUT2D eigenvalue weighted by Crippen LogP contribution is -2.40. The van der Waals surface area contributed by atoms with Crippen LogP contribution in [-0.2, 0) is 11.8 Å². The number of halogens is 1. The first-order chi connectivity index (χ1) is 11.6. The smallest absolute Gasteiger partial charge is 0.235 e. The molecular formula is C17H21ClN4OS. The zero-order valence-corrected chi connectivity index (χ0v) is 15.5. The molecule has 1 fully saturated rings. The maximum Gasteiger partial charge on any atom is 0.235 e. The van der Waals surface area contributed by atoms with Crippen molar-refractivity contribution in [3.05, 3.63) is 29.3 Å². The number of hydrogen-bond acceptors (Lipinski definition) is 4. The highest BCUT2D eigenvalue weighted by molar-refractivity contribution is 8.00. The fourth-order valence-electron chi connectivity index (χ4n) is 2.87. The molecule has 0 bridgehead atoms. The summed E-state index contributed by atoms with van der Waals surface area (Å²) in [7, 11) is 1.90. The number of benzene rings is 1.